The number of rotatable bonds is 6. The minimum atomic E-state index is -0.158. The third kappa shape index (κ3) is 4.46. The van der Waals surface area contributed by atoms with E-state index in [4.69, 9.17) is 4.74 Å². The summed E-state index contributed by atoms with van der Waals surface area (Å²) in [4.78, 5) is 17.0. The Morgan fingerprint density at radius 3 is 2.71 bits per heavy atom. The van der Waals surface area contributed by atoms with Gasteiger partial charge in [-0.25, -0.2) is 0 Å². The van der Waals surface area contributed by atoms with Crippen LogP contribution in [-0.4, -0.2) is 33.2 Å². The van der Waals surface area contributed by atoms with Gasteiger partial charge >= 0.3 is 0 Å². The van der Waals surface area contributed by atoms with Gasteiger partial charge in [-0.1, -0.05) is 49.2 Å². The summed E-state index contributed by atoms with van der Waals surface area (Å²) in [5.74, 6) is -0.158. The fraction of sp³-hybridized carbons (Fsp3) is 0.318. The van der Waals surface area contributed by atoms with E-state index >= 15 is 0 Å². The number of aromatic nitrogens is 3. The summed E-state index contributed by atoms with van der Waals surface area (Å²) >= 11 is 0. The van der Waals surface area contributed by atoms with Crippen molar-refractivity contribution in [2.45, 2.75) is 44.4 Å². The fourth-order valence-corrected chi connectivity index (χ4v) is 3.57. The van der Waals surface area contributed by atoms with Crippen molar-refractivity contribution in [1.82, 2.24) is 20.5 Å². The monoisotopic (exact) mass is 376 g/mol. The van der Waals surface area contributed by atoms with Gasteiger partial charge in [0.05, 0.1) is 24.4 Å². The van der Waals surface area contributed by atoms with Crippen LogP contribution in [0.2, 0.25) is 0 Å². The third-order valence-corrected chi connectivity index (χ3v) is 5.08. The van der Waals surface area contributed by atoms with Crippen molar-refractivity contribution < 1.29 is 9.53 Å². The number of benzene rings is 1. The van der Waals surface area contributed by atoms with Crippen LogP contribution in [0.5, 0.6) is 0 Å². The van der Waals surface area contributed by atoms with E-state index in [1.165, 1.54) is 0 Å². The van der Waals surface area contributed by atoms with Crippen LogP contribution in [0.1, 0.15) is 41.7 Å². The first-order valence-electron chi connectivity index (χ1n) is 9.73. The van der Waals surface area contributed by atoms with Crippen molar-refractivity contribution in [3.63, 3.8) is 0 Å². The second-order valence-electron chi connectivity index (χ2n) is 7.08. The summed E-state index contributed by atoms with van der Waals surface area (Å²) in [6.45, 7) is 0.561. The van der Waals surface area contributed by atoms with Crippen LogP contribution in [0, 0.1) is 0 Å². The van der Waals surface area contributed by atoms with Crippen LogP contribution >= 0.6 is 0 Å². The smallest absolute Gasteiger partial charge is 0.269 e. The Bertz CT molecular complexity index is 895. The van der Waals surface area contributed by atoms with Gasteiger partial charge in [-0.2, -0.15) is 5.10 Å². The molecule has 2 aromatic heterocycles. The number of aromatic amines is 1. The molecule has 0 saturated heterocycles. The number of nitrogens with one attached hydrogen (secondary N) is 2. The lowest BCUT2D eigenvalue weighted by Gasteiger charge is -2.32. The Hall–Kier alpha value is -2.99. The first-order valence-corrected chi connectivity index (χ1v) is 9.73. The summed E-state index contributed by atoms with van der Waals surface area (Å²) in [5.41, 5.74) is 2.98. The minimum Gasteiger partial charge on any atom is -0.371 e. The molecule has 0 radical (unpaired) electrons. The average Bonchev–Trinajstić information content (AvgIpc) is 3.25. The average molecular weight is 376 g/mol. The highest BCUT2D eigenvalue weighted by atomic mass is 16.5. The SMILES string of the molecule is O=C(N[C@H]1CCCC[C@@H]1OCc1ccccc1)c1cc(-c2ccccn2)n[nH]1. The number of hydrogen-bond donors (Lipinski definition) is 2. The molecule has 0 unspecified atom stereocenters. The number of ether oxygens (including phenoxy) is 1. The highest BCUT2D eigenvalue weighted by Crippen LogP contribution is 2.23. The Morgan fingerprint density at radius 2 is 1.89 bits per heavy atom. The molecule has 2 atom stereocenters. The number of hydrogen-bond acceptors (Lipinski definition) is 4. The summed E-state index contributed by atoms with van der Waals surface area (Å²) in [6.07, 6.45) is 5.83. The van der Waals surface area contributed by atoms with Crippen LogP contribution < -0.4 is 5.32 Å². The Balaban J connectivity index is 1.39. The van der Waals surface area contributed by atoms with Crippen LogP contribution in [0.4, 0.5) is 0 Å². The van der Waals surface area contributed by atoms with Crippen molar-refractivity contribution in [2.75, 3.05) is 0 Å². The molecule has 28 heavy (non-hydrogen) atoms. The molecule has 1 saturated carbocycles. The number of nitrogens with zero attached hydrogens (tertiary/aromatic N) is 2. The van der Waals surface area contributed by atoms with Crippen molar-refractivity contribution in [2.24, 2.45) is 0 Å². The number of amides is 1. The molecule has 1 fully saturated rings. The molecule has 4 rings (SSSR count). The number of carbonyl (C=O) groups is 1. The first-order chi connectivity index (χ1) is 13.8. The summed E-state index contributed by atoms with van der Waals surface area (Å²) in [5, 5.41) is 10.2. The molecular formula is C22H24N4O2. The molecule has 1 amide bonds. The topological polar surface area (TPSA) is 79.9 Å². The maximum absolute atomic E-state index is 12.7. The van der Waals surface area contributed by atoms with Gasteiger partial charge in [0, 0.05) is 6.20 Å². The predicted octanol–water partition coefficient (Wildman–Crippen LogP) is 3.73. The van der Waals surface area contributed by atoms with Gasteiger partial charge in [-0.05, 0) is 36.6 Å². The van der Waals surface area contributed by atoms with E-state index in [1.807, 2.05) is 36.4 Å². The molecule has 0 aliphatic heterocycles. The minimum absolute atomic E-state index is 0.00608. The number of carbonyl (C=O) groups excluding carboxylic acids is 1. The van der Waals surface area contributed by atoms with E-state index in [9.17, 15) is 4.79 Å². The van der Waals surface area contributed by atoms with Gasteiger partial charge in [0.25, 0.3) is 5.91 Å². The van der Waals surface area contributed by atoms with Crippen LogP contribution in [0.15, 0.2) is 60.8 Å². The molecule has 3 aromatic rings. The maximum atomic E-state index is 12.7. The Morgan fingerprint density at radius 1 is 1.07 bits per heavy atom. The van der Waals surface area contributed by atoms with Gasteiger partial charge in [0.2, 0.25) is 0 Å². The Kier molecular flexibility index (Phi) is 5.77. The Labute approximate surface area is 164 Å². The molecule has 144 valence electrons. The molecule has 2 heterocycles. The first kappa shape index (κ1) is 18.4. The normalized spacial score (nSPS) is 19.3. The zero-order valence-corrected chi connectivity index (χ0v) is 15.7. The van der Waals surface area contributed by atoms with Crippen LogP contribution in [0.25, 0.3) is 11.4 Å². The van der Waals surface area contributed by atoms with Gasteiger partial charge in [0.15, 0.2) is 0 Å². The van der Waals surface area contributed by atoms with E-state index in [0.717, 1.165) is 36.9 Å². The molecule has 6 nitrogen and oxygen atoms in total. The van der Waals surface area contributed by atoms with Gasteiger partial charge in [0.1, 0.15) is 11.4 Å². The largest absolute Gasteiger partial charge is 0.371 e. The molecular weight excluding hydrogens is 352 g/mol. The zero-order valence-electron chi connectivity index (χ0n) is 15.7. The lowest BCUT2D eigenvalue weighted by molar-refractivity contribution is -0.00466. The van der Waals surface area contributed by atoms with E-state index in [2.05, 4.69) is 32.6 Å². The van der Waals surface area contributed by atoms with Crippen molar-refractivity contribution in [3.05, 3.63) is 72.1 Å². The second kappa shape index (κ2) is 8.80. The maximum Gasteiger partial charge on any atom is 0.269 e. The number of H-pyrrole nitrogens is 1. The van der Waals surface area contributed by atoms with Crippen molar-refractivity contribution in [1.29, 1.82) is 0 Å². The molecule has 1 aromatic carbocycles. The van der Waals surface area contributed by atoms with E-state index in [-0.39, 0.29) is 18.1 Å². The molecule has 6 heteroatoms. The van der Waals surface area contributed by atoms with E-state index in [0.29, 0.717) is 18.0 Å². The van der Waals surface area contributed by atoms with Gasteiger partial charge in [-0.3, -0.25) is 14.9 Å². The highest BCUT2D eigenvalue weighted by Gasteiger charge is 2.28. The lowest BCUT2D eigenvalue weighted by atomic mass is 9.92. The quantitative estimate of drug-likeness (QED) is 0.687. The molecule has 1 aliphatic rings. The van der Waals surface area contributed by atoms with Crippen molar-refractivity contribution in [3.8, 4) is 11.4 Å². The fourth-order valence-electron chi connectivity index (χ4n) is 3.57. The zero-order chi connectivity index (χ0) is 19.2. The van der Waals surface area contributed by atoms with Crippen LogP contribution in [0.3, 0.4) is 0 Å². The molecule has 0 bridgehead atoms. The summed E-state index contributed by atoms with van der Waals surface area (Å²) in [7, 11) is 0. The van der Waals surface area contributed by atoms with Gasteiger partial charge in [-0.15, -0.1) is 0 Å². The lowest BCUT2D eigenvalue weighted by Crippen LogP contribution is -2.46. The van der Waals surface area contributed by atoms with Gasteiger partial charge < -0.3 is 10.1 Å². The van der Waals surface area contributed by atoms with E-state index < -0.39 is 0 Å². The molecule has 1 aliphatic carbocycles. The molecule has 0 spiro atoms. The highest BCUT2D eigenvalue weighted by molar-refractivity contribution is 5.93. The standard InChI is InChI=1S/C22H24N4O2/c27-22(20-14-19(25-26-20)17-10-6-7-13-23-17)24-18-11-4-5-12-21(18)28-15-16-8-2-1-3-9-16/h1-3,6-10,13-14,18,21H,4-5,11-12,15H2,(H,24,27)(H,25,26)/t18-,21-/m0/s1. The van der Waals surface area contributed by atoms with Crippen LogP contribution in [-0.2, 0) is 11.3 Å². The van der Waals surface area contributed by atoms with E-state index in [1.54, 1.807) is 12.3 Å². The number of pyridine rings is 1. The molecule has 2 N–H and O–H groups in total. The predicted molar refractivity (Wildman–Crippen MR) is 107 cm³/mol. The van der Waals surface area contributed by atoms with Crippen molar-refractivity contribution >= 4 is 5.91 Å². The summed E-state index contributed by atoms with van der Waals surface area (Å²) in [6, 6.07) is 17.5. The second-order valence-corrected chi connectivity index (χ2v) is 7.08. The summed E-state index contributed by atoms with van der Waals surface area (Å²) < 4.78 is 6.14. The third-order valence-electron chi connectivity index (χ3n) is 5.08.